The predicted molar refractivity (Wildman–Crippen MR) is 85.4 cm³/mol. The molecule has 1 aromatic carbocycles. The van der Waals surface area contributed by atoms with Gasteiger partial charge in [-0.2, -0.15) is 0 Å². The average molecular weight is 348 g/mol. The highest BCUT2D eigenvalue weighted by atomic mass is 32.2. The van der Waals surface area contributed by atoms with Crippen LogP contribution < -0.4 is 5.32 Å². The first-order valence-electron chi connectivity index (χ1n) is 7.36. The van der Waals surface area contributed by atoms with Crippen molar-refractivity contribution in [3.63, 3.8) is 0 Å². The van der Waals surface area contributed by atoms with E-state index in [1.165, 1.54) is 11.8 Å². The minimum atomic E-state index is -0.694. The summed E-state index contributed by atoms with van der Waals surface area (Å²) in [6.45, 7) is 0.00786. The van der Waals surface area contributed by atoms with Crippen molar-refractivity contribution >= 4 is 23.5 Å². The molecule has 1 aliphatic heterocycles. The van der Waals surface area contributed by atoms with Gasteiger partial charge in [0.15, 0.2) is 5.78 Å². The quantitative estimate of drug-likeness (QED) is 0.923. The van der Waals surface area contributed by atoms with E-state index in [0.717, 1.165) is 28.8 Å². The maximum atomic E-state index is 13.1. The van der Waals surface area contributed by atoms with E-state index < -0.39 is 16.9 Å². The van der Waals surface area contributed by atoms with E-state index in [1.54, 1.807) is 12.3 Å². The van der Waals surface area contributed by atoms with Crippen LogP contribution in [0.15, 0.2) is 41.6 Å². The van der Waals surface area contributed by atoms with Crippen LogP contribution in [0.25, 0.3) is 0 Å². The SMILES string of the molecule is O=C(CC1Sc2ncccc2CC1=O)NCc1cc(F)cc(F)c1. The summed E-state index contributed by atoms with van der Waals surface area (Å²) >= 11 is 1.28. The van der Waals surface area contributed by atoms with Crippen molar-refractivity contribution in [1.29, 1.82) is 0 Å². The normalized spacial score (nSPS) is 16.6. The van der Waals surface area contributed by atoms with E-state index in [4.69, 9.17) is 0 Å². The molecule has 4 nitrogen and oxygen atoms in total. The Balaban J connectivity index is 1.58. The number of Topliss-reactive ketones (excluding diaryl/α,β-unsaturated/α-hetero) is 1. The fourth-order valence-corrected chi connectivity index (χ4v) is 3.61. The van der Waals surface area contributed by atoms with Crippen LogP contribution in [0.5, 0.6) is 0 Å². The Morgan fingerprint density at radius 2 is 2.04 bits per heavy atom. The average Bonchev–Trinajstić information content (AvgIpc) is 2.53. The number of carbonyl (C=O) groups is 2. The number of carbonyl (C=O) groups excluding carboxylic acids is 2. The van der Waals surface area contributed by atoms with Gasteiger partial charge < -0.3 is 5.32 Å². The van der Waals surface area contributed by atoms with Crippen LogP contribution in [-0.4, -0.2) is 21.9 Å². The molecule has 0 saturated carbocycles. The lowest BCUT2D eigenvalue weighted by molar-refractivity contribution is -0.125. The van der Waals surface area contributed by atoms with Gasteiger partial charge in [-0.25, -0.2) is 13.8 Å². The molecule has 1 N–H and O–H groups in total. The topological polar surface area (TPSA) is 59.1 Å². The lowest BCUT2D eigenvalue weighted by atomic mass is 10.1. The molecule has 2 heterocycles. The monoisotopic (exact) mass is 348 g/mol. The van der Waals surface area contributed by atoms with Crippen LogP contribution in [0.3, 0.4) is 0 Å². The van der Waals surface area contributed by atoms with Crippen molar-refractivity contribution in [3.05, 3.63) is 59.3 Å². The van der Waals surface area contributed by atoms with Crippen molar-refractivity contribution in [2.24, 2.45) is 0 Å². The molecule has 0 spiro atoms. The number of fused-ring (bicyclic) bond motifs is 1. The van der Waals surface area contributed by atoms with Gasteiger partial charge in [-0.3, -0.25) is 9.59 Å². The standard InChI is InChI=1S/C17H14F2N2O2S/c18-12-4-10(5-13(19)7-12)9-21-16(23)8-15-14(22)6-11-2-1-3-20-17(11)24-15/h1-5,7,15H,6,8-9H2,(H,21,23). The molecule has 1 aliphatic rings. The van der Waals surface area contributed by atoms with Crippen LogP contribution in [0.2, 0.25) is 0 Å². The zero-order valence-corrected chi connectivity index (χ0v) is 13.4. The van der Waals surface area contributed by atoms with Crippen LogP contribution >= 0.6 is 11.8 Å². The Morgan fingerprint density at radius 3 is 2.79 bits per heavy atom. The van der Waals surface area contributed by atoms with Gasteiger partial charge in [0.25, 0.3) is 0 Å². The van der Waals surface area contributed by atoms with Crippen molar-refractivity contribution in [2.75, 3.05) is 0 Å². The minimum absolute atomic E-state index is 0.00786. The van der Waals surface area contributed by atoms with Crippen LogP contribution in [-0.2, 0) is 22.6 Å². The lowest BCUT2D eigenvalue weighted by Gasteiger charge is -2.21. The lowest BCUT2D eigenvalue weighted by Crippen LogP contribution is -2.32. The molecule has 2 aromatic rings. The molecule has 0 fully saturated rings. The Morgan fingerprint density at radius 1 is 1.29 bits per heavy atom. The Kier molecular flexibility index (Phi) is 4.89. The number of thioether (sulfide) groups is 1. The smallest absolute Gasteiger partial charge is 0.221 e. The summed E-state index contributed by atoms with van der Waals surface area (Å²) in [7, 11) is 0. The van der Waals surface area contributed by atoms with E-state index >= 15 is 0 Å². The number of ketones is 1. The summed E-state index contributed by atoms with van der Waals surface area (Å²) in [6, 6.07) is 6.71. The fraction of sp³-hybridized carbons (Fsp3) is 0.235. The minimum Gasteiger partial charge on any atom is -0.352 e. The number of hydrogen-bond donors (Lipinski definition) is 1. The zero-order chi connectivity index (χ0) is 17.1. The summed E-state index contributed by atoms with van der Waals surface area (Å²) in [5.74, 6) is -1.75. The van der Waals surface area contributed by atoms with Gasteiger partial charge in [0.05, 0.1) is 5.25 Å². The molecule has 0 aliphatic carbocycles. The molecular weight excluding hydrogens is 334 g/mol. The summed E-state index contributed by atoms with van der Waals surface area (Å²) in [6.07, 6.45) is 1.93. The summed E-state index contributed by atoms with van der Waals surface area (Å²) < 4.78 is 26.2. The largest absolute Gasteiger partial charge is 0.352 e. The molecule has 1 amide bonds. The highest BCUT2D eigenvalue weighted by Crippen LogP contribution is 2.33. The van der Waals surface area contributed by atoms with E-state index in [-0.39, 0.29) is 31.1 Å². The number of amides is 1. The summed E-state index contributed by atoms with van der Waals surface area (Å²) in [5.41, 5.74) is 1.20. The fourth-order valence-electron chi connectivity index (χ4n) is 2.48. The Labute approximate surface area is 141 Å². The number of halogens is 2. The molecular formula is C17H14F2N2O2S. The van der Waals surface area contributed by atoms with Gasteiger partial charge in [0.1, 0.15) is 16.7 Å². The molecule has 0 bridgehead atoms. The molecule has 1 unspecified atom stereocenters. The van der Waals surface area contributed by atoms with Gasteiger partial charge in [0, 0.05) is 31.6 Å². The van der Waals surface area contributed by atoms with Crippen molar-refractivity contribution in [3.8, 4) is 0 Å². The molecule has 0 radical (unpaired) electrons. The van der Waals surface area contributed by atoms with Gasteiger partial charge in [-0.1, -0.05) is 17.8 Å². The second-order valence-electron chi connectivity index (χ2n) is 5.48. The first-order valence-corrected chi connectivity index (χ1v) is 8.24. The molecule has 3 rings (SSSR count). The van der Waals surface area contributed by atoms with Crippen molar-refractivity contribution in [2.45, 2.75) is 29.7 Å². The van der Waals surface area contributed by atoms with Gasteiger partial charge in [0.2, 0.25) is 5.91 Å². The first kappa shape index (κ1) is 16.6. The molecule has 124 valence electrons. The number of benzene rings is 1. The molecule has 1 aromatic heterocycles. The second kappa shape index (κ2) is 7.09. The predicted octanol–water partition coefficient (Wildman–Crippen LogP) is 2.65. The van der Waals surface area contributed by atoms with E-state index in [9.17, 15) is 18.4 Å². The number of hydrogen-bond acceptors (Lipinski definition) is 4. The van der Waals surface area contributed by atoms with Crippen LogP contribution in [0.1, 0.15) is 17.5 Å². The third-order valence-corrected chi connectivity index (χ3v) is 4.92. The maximum absolute atomic E-state index is 13.1. The van der Waals surface area contributed by atoms with Gasteiger partial charge in [-0.05, 0) is 29.3 Å². The van der Waals surface area contributed by atoms with E-state index in [0.29, 0.717) is 5.56 Å². The van der Waals surface area contributed by atoms with E-state index in [1.807, 2.05) is 6.07 Å². The van der Waals surface area contributed by atoms with Crippen LogP contribution in [0.4, 0.5) is 8.78 Å². The van der Waals surface area contributed by atoms with Crippen molar-refractivity contribution in [1.82, 2.24) is 10.3 Å². The van der Waals surface area contributed by atoms with Crippen LogP contribution in [0, 0.1) is 11.6 Å². The highest BCUT2D eigenvalue weighted by molar-refractivity contribution is 8.00. The van der Waals surface area contributed by atoms with Gasteiger partial charge in [-0.15, -0.1) is 0 Å². The number of nitrogens with one attached hydrogen (secondary N) is 1. The summed E-state index contributed by atoms with van der Waals surface area (Å²) in [5, 5.41) is 2.86. The maximum Gasteiger partial charge on any atom is 0.221 e. The zero-order valence-electron chi connectivity index (χ0n) is 12.6. The highest BCUT2D eigenvalue weighted by Gasteiger charge is 2.29. The molecule has 0 saturated heterocycles. The second-order valence-corrected chi connectivity index (χ2v) is 6.67. The Bertz CT molecular complexity index is 778. The number of nitrogens with zero attached hydrogens (tertiary/aromatic N) is 1. The molecule has 1 atom stereocenters. The summed E-state index contributed by atoms with van der Waals surface area (Å²) in [4.78, 5) is 28.4. The number of aromatic nitrogens is 1. The third-order valence-electron chi connectivity index (χ3n) is 3.61. The van der Waals surface area contributed by atoms with E-state index in [2.05, 4.69) is 10.3 Å². The first-order chi connectivity index (χ1) is 11.5. The van der Waals surface area contributed by atoms with Gasteiger partial charge >= 0.3 is 0 Å². The Hall–Kier alpha value is -2.28. The molecule has 24 heavy (non-hydrogen) atoms. The van der Waals surface area contributed by atoms with Crippen molar-refractivity contribution < 1.29 is 18.4 Å². The molecule has 7 heteroatoms. The number of pyridine rings is 1. The third kappa shape index (κ3) is 3.97. The number of rotatable bonds is 4.